The van der Waals surface area contributed by atoms with E-state index in [0.29, 0.717) is 0 Å². The summed E-state index contributed by atoms with van der Waals surface area (Å²) in [5.74, 6) is -3.55. The van der Waals surface area contributed by atoms with Crippen LogP contribution in [-0.2, 0) is 61.0 Å². The minimum Gasteiger partial charge on any atom is -0.480 e. The third kappa shape index (κ3) is 11.2. The molecule has 0 saturated carbocycles. The zero-order valence-corrected chi connectivity index (χ0v) is 32.9. The number of hydrogen-bond acceptors (Lipinski definition) is 8. The molecular formula is C35H50F4O10P2. The number of carboxylic acid groups (broad SMARTS) is 2. The first-order valence-electron chi connectivity index (χ1n) is 16.0. The third-order valence-electron chi connectivity index (χ3n) is 6.70. The van der Waals surface area contributed by atoms with Crippen molar-refractivity contribution in [3.05, 3.63) is 70.8 Å². The maximum absolute atomic E-state index is 15.8. The van der Waals surface area contributed by atoms with E-state index >= 15 is 17.6 Å². The summed E-state index contributed by atoms with van der Waals surface area (Å²) in [6.07, 6.45) is -1.41. The quantitative estimate of drug-likeness (QED) is 0.108. The summed E-state index contributed by atoms with van der Waals surface area (Å²) in [6.45, 7) is 17.2. The van der Waals surface area contributed by atoms with Crippen molar-refractivity contribution >= 4 is 27.1 Å². The summed E-state index contributed by atoms with van der Waals surface area (Å²) in [4.78, 5) is 25.1. The van der Waals surface area contributed by atoms with Gasteiger partial charge in [0.05, 0.1) is 22.4 Å². The lowest BCUT2D eigenvalue weighted by Crippen LogP contribution is -2.43. The molecule has 0 atom stereocenters. The van der Waals surface area contributed by atoms with E-state index in [0.717, 1.165) is 48.5 Å². The molecule has 10 nitrogen and oxygen atoms in total. The fourth-order valence-corrected chi connectivity index (χ4v) is 9.17. The van der Waals surface area contributed by atoms with Gasteiger partial charge in [0.15, 0.2) is 5.41 Å². The maximum atomic E-state index is 15.8. The Balaban J connectivity index is 2.51. The van der Waals surface area contributed by atoms with Gasteiger partial charge in [-0.05, 0) is 107 Å². The zero-order chi connectivity index (χ0) is 39.9. The predicted octanol–water partition coefficient (Wildman–Crippen LogP) is 10.4. The minimum atomic E-state index is -5.18. The van der Waals surface area contributed by atoms with E-state index in [1.807, 2.05) is 0 Å². The molecule has 0 aliphatic rings. The van der Waals surface area contributed by atoms with Crippen molar-refractivity contribution in [1.29, 1.82) is 0 Å². The molecule has 2 aromatic rings. The summed E-state index contributed by atoms with van der Waals surface area (Å²) in [6, 6.07) is 7.82. The Morgan fingerprint density at radius 1 is 0.510 bits per heavy atom. The molecule has 0 unspecified atom stereocenters. The van der Waals surface area contributed by atoms with E-state index in [2.05, 4.69) is 0 Å². The predicted molar refractivity (Wildman–Crippen MR) is 184 cm³/mol. The van der Waals surface area contributed by atoms with Crippen molar-refractivity contribution < 1.29 is 64.6 Å². The number of carbonyl (C=O) groups is 2. The van der Waals surface area contributed by atoms with Gasteiger partial charge in [-0.3, -0.25) is 36.8 Å². The molecule has 0 fully saturated rings. The summed E-state index contributed by atoms with van der Waals surface area (Å²) in [5.41, 5.74) is -17.6. The standard InChI is InChI=1S/C35H50F4O10P2/c1-29(2,3)46-50(44,47-30(4,5)6)34(36,37)25-17-13-23(14-18-25)21-33(27(40)41,28(42)43)22-24-15-19-26(20-16-24)35(38,39)51(45,48-31(7,8)9)49-32(10,11)12/h13-20H,21-22H2,1-12H3,(H,40,41)(H,42,43). The highest BCUT2D eigenvalue weighted by Crippen LogP contribution is 2.71. The first-order valence-corrected chi connectivity index (χ1v) is 19.1. The van der Waals surface area contributed by atoms with Crippen LogP contribution in [0.2, 0.25) is 0 Å². The van der Waals surface area contributed by atoms with E-state index in [4.69, 9.17) is 18.1 Å². The highest BCUT2D eigenvalue weighted by Gasteiger charge is 2.59. The summed E-state index contributed by atoms with van der Waals surface area (Å²) >= 11 is 0. The molecule has 0 bridgehead atoms. The molecule has 2 aromatic carbocycles. The second kappa shape index (κ2) is 14.7. The van der Waals surface area contributed by atoms with Crippen LogP contribution in [0.25, 0.3) is 0 Å². The lowest BCUT2D eigenvalue weighted by atomic mass is 9.76. The van der Waals surface area contributed by atoms with Crippen LogP contribution < -0.4 is 0 Å². The molecule has 51 heavy (non-hydrogen) atoms. The van der Waals surface area contributed by atoms with Crippen molar-refractivity contribution in [2.24, 2.45) is 5.41 Å². The second-order valence-electron chi connectivity index (χ2n) is 16.3. The average Bonchev–Trinajstić information content (AvgIpc) is 2.88. The molecule has 0 amide bonds. The summed E-state index contributed by atoms with van der Waals surface area (Å²) in [7, 11) is -10.4. The second-order valence-corrected chi connectivity index (χ2v) is 20.2. The molecule has 2 rings (SSSR count). The van der Waals surface area contributed by atoms with Gasteiger partial charge in [-0.25, -0.2) is 0 Å². The monoisotopic (exact) mass is 768 g/mol. The number of benzene rings is 2. The van der Waals surface area contributed by atoms with Gasteiger partial charge in [-0.2, -0.15) is 17.6 Å². The number of halogens is 4. The SMILES string of the molecule is CC(C)(C)OP(=O)(OC(C)(C)C)C(F)(F)c1ccc(CC(Cc2ccc(C(F)(F)P(=O)(OC(C)(C)C)OC(C)(C)C)cc2)(C(=O)O)C(=O)O)cc1. The fourth-order valence-electron chi connectivity index (χ4n) is 4.82. The average molecular weight is 769 g/mol. The van der Waals surface area contributed by atoms with Crippen LogP contribution in [0, 0.1) is 5.41 Å². The Morgan fingerprint density at radius 2 is 0.725 bits per heavy atom. The number of aliphatic carboxylic acids is 2. The van der Waals surface area contributed by atoms with Crippen LogP contribution >= 0.6 is 15.2 Å². The number of rotatable bonds is 14. The van der Waals surface area contributed by atoms with Crippen molar-refractivity contribution in [3.8, 4) is 0 Å². The molecule has 0 heterocycles. The molecule has 0 spiro atoms. The van der Waals surface area contributed by atoms with Crippen LogP contribution in [0.5, 0.6) is 0 Å². The Labute approximate surface area is 297 Å². The molecule has 0 radical (unpaired) electrons. The van der Waals surface area contributed by atoms with E-state index < -0.39 is 90.2 Å². The van der Waals surface area contributed by atoms with Gasteiger partial charge in [0.2, 0.25) is 0 Å². The third-order valence-corrected chi connectivity index (χ3v) is 11.7. The zero-order valence-electron chi connectivity index (χ0n) is 31.1. The highest BCUT2D eigenvalue weighted by atomic mass is 31.2. The van der Waals surface area contributed by atoms with Crippen LogP contribution in [-0.4, -0.2) is 44.6 Å². The van der Waals surface area contributed by atoms with Gasteiger partial charge in [0.1, 0.15) is 0 Å². The Kier molecular flexibility index (Phi) is 12.8. The number of alkyl halides is 4. The molecule has 288 valence electrons. The summed E-state index contributed by atoms with van der Waals surface area (Å²) in [5, 5.41) is 20.3. The molecule has 0 aliphatic carbocycles. The first-order chi connectivity index (χ1) is 22.6. The molecular weight excluding hydrogens is 718 g/mol. The van der Waals surface area contributed by atoms with Crippen LogP contribution in [0.1, 0.15) is 105 Å². The molecule has 0 aliphatic heterocycles. The normalized spacial score (nSPS) is 14.4. The molecule has 0 saturated heterocycles. The molecule has 16 heteroatoms. The lowest BCUT2D eigenvalue weighted by molar-refractivity contribution is -0.164. The Hall–Kier alpha value is -2.60. The van der Waals surface area contributed by atoms with Gasteiger partial charge in [0, 0.05) is 11.1 Å². The summed E-state index contributed by atoms with van der Waals surface area (Å²) < 4.78 is 112. The van der Waals surface area contributed by atoms with E-state index in [-0.39, 0.29) is 11.1 Å². The Bertz CT molecular complexity index is 1480. The molecule has 0 aromatic heterocycles. The van der Waals surface area contributed by atoms with E-state index in [9.17, 15) is 28.9 Å². The van der Waals surface area contributed by atoms with Crippen molar-refractivity contribution in [1.82, 2.24) is 0 Å². The molecule has 2 N–H and O–H groups in total. The number of carboxylic acids is 2. The first kappa shape index (κ1) is 44.6. The van der Waals surface area contributed by atoms with Crippen LogP contribution in [0.15, 0.2) is 48.5 Å². The number of hydrogen-bond donors (Lipinski definition) is 2. The van der Waals surface area contributed by atoms with Gasteiger partial charge in [0.25, 0.3) is 0 Å². The van der Waals surface area contributed by atoms with Gasteiger partial charge in [-0.15, -0.1) is 0 Å². The fraction of sp³-hybridized carbons (Fsp3) is 0.600. The van der Waals surface area contributed by atoms with Gasteiger partial charge in [-0.1, -0.05) is 48.5 Å². The van der Waals surface area contributed by atoms with Crippen molar-refractivity contribution in [2.45, 2.75) is 130 Å². The topological polar surface area (TPSA) is 146 Å². The maximum Gasteiger partial charge on any atom is 0.405 e. The largest absolute Gasteiger partial charge is 0.480 e. The van der Waals surface area contributed by atoms with Gasteiger partial charge >= 0.3 is 38.5 Å². The highest BCUT2D eigenvalue weighted by molar-refractivity contribution is 7.55. The van der Waals surface area contributed by atoms with E-state index in [1.54, 1.807) is 0 Å². The minimum absolute atomic E-state index is 0.0189. The van der Waals surface area contributed by atoms with Crippen molar-refractivity contribution in [2.75, 3.05) is 0 Å². The van der Waals surface area contributed by atoms with Crippen LogP contribution in [0.3, 0.4) is 0 Å². The van der Waals surface area contributed by atoms with Gasteiger partial charge < -0.3 is 10.2 Å². The Morgan fingerprint density at radius 3 is 0.902 bits per heavy atom. The smallest absolute Gasteiger partial charge is 0.405 e. The lowest BCUT2D eigenvalue weighted by Gasteiger charge is -2.36. The van der Waals surface area contributed by atoms with E-state index in [1.165, 1.54) is 83.1 Å². The van der Waals surface area contributed by atoms with Crippen molar-refractivity contribution in [3.63, 3.8) is 0 Å². The van der Waals surface area contributed by atoms with Crippen LogP contribution in [0.4, 0.5) is 17.6 Å².